The number of nitro groups is 1. The summed E-state index contributed by atoms with van der Waals surface area (Å²) >= 11 is 0. The van der Waals surface area contributed by atoms with Crippen molar-refractivity contribution in [1.29, 1.82) is 0 Å². The van der Waals surface area contributed by atoms with Gasteiger partial charge in [-0.05, 0) is 27.4 Å². The van der Waals surface area contributed by atoms with Gasteiger partial charge in [-0.15, -0.1) is 0 Å². The highest BCUT2D eigenvalue weighted by atomic mass is 16.6. The average molecular weight is 263 g/mol. The molecular formula is C16H9NO3. The van der Waals surface area contributed by atoms with Gasteiger partial charge < -0.3 is 0 Å². The van der Waals surface area contributed by atoms with Crippen LogP contribution in [0.15, 0.2) is 42.5 Å². The van der Waals surface area contributed by atoms with Gasteiger partial charge in [0, 0.05) is 21.9 Å². The van der Waals surface area contributed by atoms with E-state index in [1.165, 1.54) is 6.08 Å². The lowest BCUT2D eigenvalue weighted by molar-refractivity contribution is -0.488. The largest absolute Gasteiger partial charge is 0.293 e. The zero-order valence-corrected chi connectivity index (χ0v) is 10.4. The van der Waals surface area contributed by atoms with Gasteiger partial charge in [-0.25, -0.2) is 0 Å². The molecule has 4 nitrogen and oxygen atoms in total. The first-order chi connectivity index (χ1) is 9.66. The molecule has 20 heavy (non-hydrogen) atoms. The summed E-state index contributed by atoms with van der Waals surface area (Å²) in [7, 11) is 0. The van der Waals surface area contributed by atoms with Gasteiger partial charge in [-0.2, -0.15) is 0 Å². The van der Waals surface area contributed by atoms with Crippen LogP contribution in [0.4, 0.5) is 0 Å². The van der Waals surface area contributed by atoms with Crippen molar-refractivity contribution < 1.29 is 9.72 Å². The van der Waals surface area contributed by atoms with Crippen molar-refractivity contribution in [3.63, 3.8) is 0 Å². The Morgan fingerprint density at radius 2 is 1.65 bits per heavy atom. The van der Waals surface area contributed by atoms with E-state index in [0.29, 0.717) is 5.56 Å². The number of hydrogen-bond acceptors (Lipinski definition) is 3. The number of rotatable bonds is 1. The lowest BCUT2D eigenvalue weighted by Crippen LogP contribution is -2.33. The molecule has 0 spiro atoms. The molecule has 0 N–H and O–H groups in total. The van der Waals surface area contributed by atoms with E-state index in [4.69, 9.17) is 0 Å². The highest BCUT2D eigenvalue weighted by Crippen LogP contribution is 2.29. The number of ketones is 1. The maximum absolute atomic E-state index is 12.3. The second-order valence-corrected chi connectivity index (χ2v) is 4.98. The molecule has 0 saturated heterocycles. The van der Waals surface area contributed by atoms with Crippen molar-refractivity contribution in [3.8, 4) is 0 Å². The summed E-state index contributed by atoms with van der Waals surface area (Å²) in [5.74, 6) is -0.430. The Morgan fingerprint density at radius 1 is 0.950 bits per heavy atom. The third kappa shape index (κ3) is 1.28. The van der Waals surface area contributed by atoms with Crippen molar-refractivity contribution in [2.75, 3.05) is 0 Å². The van der Waals surface area contributed by atoms with E-state index in [1.54, 1.807) is 6.07 Å². The quantitative estimate of drug-likeness (QED) is 0.500. The fraction of sp³-hybridized carbons (Fsp3) is 0.0625. The Hall–Kier alpha value is -2.75. The van der Waals surface area contributed by atoms with Gasteiger partial charge in [0.05, 0.1) is 0 Å². The van der Waals surface area contributed by atoms with Gasteiger partial charge >= 0.3 is 0 Å². The van der Waals surface area contributed by atoms with Gasteiger partial charge in [0.15, 0.2) is 0 Å². The number of benzene rings is 3. The molecule has 0 aromatic heterocycles. The third-order valence-electron chi connectivity index (χ3n) is 3.91. The molecule has 0 amide bonds. The SMILES string of the molecule is O=C1c2ccc3cccc4ccc(c2c34)=CC1[N+](=O)[O-]. The van der Waals surface area contributed by atoms with Crippen molar-refractivity contribution in [1.82, 2.24) is 0 Å². The highest BCUT2D eigenvalue weighted by Gasteiger charge is 2.33. The molecule has 0 bridgehead atoms. The molecule has 1 atom stereocenters. The summed E-state index contributed by atoms with van der Waals surface area (Å²) in [5.41, 5.74) is 0.452. The highest BCUT2D eigenvalue weighted by molar-refractivity contribution is 6.21. The van der Waals surface area contributed by atoms with Gasteiger partial charge in [0.1, 0.15) is 0 Å². The Balaban J connectivity index is 2.27. The monoisotopic (exact) mass is 263 g/mol. The minimum Gasteiger partial charge on any atom is -0.286 e. The van der Waals surface area contributed by atoms with E-state index in [2.05, 4.69) is 0 Å². The normalized spacial score (nSPS) is 17.4. The fourth-order valence-corrected chi connectivity index (χ4v) is 3.01. The lowest BCUT2D eigenvalue weighted by atomic mass is 9.88. The minimum atomic E-state index is -1.27. The van der Waals surface area contributed by atoms with Crippen molar-refractivity contribution in [3.05, 3.63) is 63.4 Å². The number of carbonyl (C=O) groups excluding carboxylic acids is 1. The Bertz CT molecular complexity index is 943. The van der Waals surface area contributed by atoms with Crippen LogP contribution in [0.1, 0.15) is 10.4 Å². The summed E-state index contributed by atoms with van der Waals surface area (Å²) < 4.78 is 0. The zero-order valence-electron chi connectivity index (χ0n) is 10.4. The predicted molar refractivity (Wildman–Crippen MR) is 76.2 cm³/mol. The molecule has 4 heteroatoms. The lowest BCUT2D eigenvalue weighted by Gasteiger charge is -2.15. The summed E-state index contributed by atoms with van der Waals surface area (Å²) in [5, 5.41) is 15.7. The molecule has 0 radical (unpaired) electrons. The average Bonchev–Trinajstić information content (AvgIpc) is 2.46. The van der Waals surface area contributed by atoms with Crippen molar-refractivity contribution in [2.45, 2.75) is 6.04 Å². The first-order valence-corrected chi connectivity index (χ1v) is 6.30. The van der Waals surface area contributed by atoms with Gasteiger partial charge in [0.25, 0.3) is 6.04 Å². The van der Waals surface area contributed by atoms with E-state index in [-0.39, 0.29) is 0 Å². The van der Waals surface area contributed by atoms with Crippen LogP contribution in [0.5, 0.6) is 0 Å². The number of nitrogens with zero attached hydrogens (tertiary/aromatic N) is 1. The Kier molecular flexibility index (Phi) is 2.02. The van der Waals surface area contributed by atoms with Crippen LogP contribution in [0.2, 0.25) is 0 Å². The van der Waals surface area contributed by atoms with Crippen LogP contribution in [0.25, 0.3) is 27.6 Å². The molecule has 0 aliphatic heterocycles. The molecule has 1 unspecified atom stereocenters. The molecule has 1 aliphatic carbocycles. The summed E-state index contributed by atoms with van der Waals surface area (Å²) in [6.07, 6.45) is 1.45. The second-order valence-electron chi connectivity index (χ2n) is 4.98. The van der Waals surface area contributed by atoms with Crippen LogP contribution in [-0.4, -0.2) is 16.7 Å². The van der Waals surface area contributed by atoms with E-state index >= 15 is 0 Å². The number of carbonyl (C=O) groups is 1. The van der Waals surface area contributed by atoms with Crippen molar-refractivity contribution in [2.24, 2.45) is 0 Å². The molecule has 0 fully saturated rings. The third-order valence-corrected chi connectivity index (χ3v) is 3.91. The second kappa shape index (κ2) is 3.63. The Labute approximate surface area is 113 Å². The summed E-state index contributed by atoms with van der Waals surface area (Å²) in [6, 6.07) is 12.0. The molecular weight excluding hydrogens is 254 g/mol. The molecule has 4 rings (SSSR count). The number of hydrogen-bond donors (Lipinski definition) is 0. The Morgan fingerprint density at radius 3 is 2.35 bits per heavy atom. The first-order valence-electron chi connectivity index (χ1n) is 6.30. The van der Waals surface area contributed by atoms with E-state index < -0.39 is 16.7 Å². The standard InChI is InChI=1S/C16H9NO3/c18-16-12-7-6-10-3-1-2-9-4-5-11(15(12)14(9)10)8-13(16)17(19)20/h1-8,13H. The molecule has 96 valence electrons. The summed E-state index contributed by atoms with van der Waals surface area (Å²) in [6.45, 7) is 0. The van der Waals surface area contributed by atoms with Crippen LogP contribution < -0.4 is 5.22 Å². The van der Waals surface area contributed by atoms with Crippen molar-refractivity contribution >= 4 is 33.4 Å². The zero-order chi connectivity index (χ0) is 13.9. The molecule has 0 saturated carbocycles. The number of Topliss-reactive ketones (excluding diaryl/α,β-unsaturated/α-hetero) is 1. The fourth-order valence-electron chi connectivity index (χ4n) is 3.01. The predicted octanol–water partition coefficient (Wildman–Crippen LogP) is 2.33. The van der Waals surface area contributed by atoms with Crippen LogP contribution in [-0.2, 0) is 0 Å². The van der Waals surface area contributed by atoms with E-state index in [1.807, 2.05) is 36.4 Å². The molecule has 0 heterocycles. The van der Waals surface area contributed by atoms with Gasteiger partial charge in [-0.1, -0.05) is 36.4 Å². The van der Waals surface area contributed by atoms with E-state index in [9.17, 15) is 14.9 Å². The molecule has 1 aliphatic rings. The van der Waals surface area contributed by atoms with Gasteiger partial charge in [-0.3, -0.25) is 14.9 Å². The minimum absolute atomic E-state index is 0.430. The summed E-state index contributed by atoms with van der Waals surface area (Å²) in [4.78, 5) is 22.8. The first kappa shape index (κ1) is 11.1. The van der Waals surface area contributed by atoms with E-state index in [0.717, 1.165) is 26.8 Å². The van der Waals surface area contributed by atoms with Crippen LogP contribution in [0, 0.1) is 10.1 Å². The van der Waals surface area contributed by atoms with Crippen LogP contribution >= 0.6 is 0 Å². The van der Waals surface area contributed by atoms with Crippen LogP contribution in [0.3, 0.4) is 0 Å². The molecule has 3 aromatic rings. The topological polar surface area (TPSA) is 60.2 Å². The molecule has 3 aromatic carbocycles. The van der Waals surface area contributed by atoms with Gasteiger partial charge in [0.2, 0.25) is 5.78 Å². The maximum atomic E-state index is 12.3. The smallest absolute Gasteiger partial charge is 0.286 e. The maximum Gasteiger partial charge on any atom is 0.293 e.